The molecule has 4 heteroatoms. The molecule has 0 saturated carbocycles. The van der Waals surface area contributed by atoms with Gasteiger partial charge in [0.05, 0.1) is 12.3 Å². The molecule has 0 aliphatic heterocycles. The number of rotatable bonds is 5. The van der Waals surface area contributed by atoms with Crippen LogP contribution in [0, 0.1) is 0 Å². The van der Waals surface area contributed by atoms with Crippen LogP contribution < -0.4 is 4.57 Å². The molecule has 1 aromatic rings. The van der Waals surface area contributed by atoms with E-state index in [4.69, 9.17) is 0 Å². The SMILES string of the molecule is CCC[n+]1cc[nH]c1SCC(C)=O. The van der Waals surface area contributed by atoms with Gasteiger partial charge < -0.3 is 0 Å². The number of carbonyl (C=O) groups is 1. The Morgan fingerprint density at radius 2 is 2.46 bits per heavy atom. The first-order valence-corrected chi connectivity index (χ1v) is 5.41. The van der Waals surface area contributed by atoms with Crippen molar-refractivity contribution in [2.45, 2.75) is 32.0 Å². The summed E-state index contributed by atoms with van der Waals surface area (Å²) in [7, 11) is 0. The molecular formula is C9H15N2OS+. The van der Waals surface area contributed by atoms with Crippen LogP contribution in [0.2, 0.25) is 0 Å². The molecule has 0 aromatic carbocycles. The van der Waals surface area contributed by atoms with Crippen LogP contribution in [0.5, 0.6) is 0 Å². The minimum atomic E-state index is 0.211. The molecule has 72 valence electrons. The second-order valence-corrected chi connectivity index (χ2v) is 3.91. The molecule has 0 aliphatic carbocycles. The van der Waals surface area contributed by atoms with Gasteiger partial charge in [-0.15, -0.1) is 0 Å². The van der Waals surface area contributed by atoms with Crippen LogP contribution in [-0.4, -0.2) is 16.5 Å². The van der Waals surface area contributed by atoms with Crippen LogP contribution in [0.25, 0.3) is 0 Å². The standard InChI is InChI=1S/C9H14N2OS/c1-3-5-11-6-4-10-9(11)13-7-8(2)12/h4,6H,3,5,7H2,1-2H3/p+1. The Morgan fingerprint density at radius 3 is 3.08 bits per heavy atom. The normalized spacial score (nSPS) is 10.3. The van der Waals surface area contributed by atoms with E-state index in [9.17, 15) is 4.79 Å². The fourth-order valence-corrected chi connectivity index (χ4v) is 1.87. The maximum Gasteiger partial charge on any atom is 0.316 e. The molecule has 0 saturated heterocycles. The molecule has 0 unspecified atom stereocenters. The maximum absolute atomic E-state index is 10.8. The minimum absolute atomic E-state index is 0.211. The summed E-state index contributed by atoms with van der Waals surface area (Å²) in [5, 5.41) is 1.07. The number of ketones is 1. The van der Waals surface area contributed by atoms with Gasteiger partial charge in [-0.25, -0.2) is 9.55 Å². The summed E-state index contributed by atoms with van der Waals surface area (Å²) in [6.45, 7) is 4.75. The second kappa shape index (κ2) is 5.07. The zero-order valence-electron chi connectivity index (χ0n) is 8.04. The predicted octanol–water partition coefficient (Wildman–Crippen LogP) is 1.39. The highest BCUT2D eigenvalue weighted by atomic mass is 32.2. The van der Waals surface area contributed by atoms with Crippen LogP contribution in [0.1, 0.15) is 20.3 Å². The number of H-pyrrole nitrogens is 1. The lowest BCUT2D eigenvalue weighted by Crippen LogP contribution is -2.33. The van der Waals surface area contributed by atoms with Crippen molar-refractivity contribution in [1.82, 2.24) is 4.98 Å². The van der Waals surface area contributed by atoms with Gasteiger partial charge in [-0.3, -0.25) is 4.79 Å². The van der Waals surface area contributed by atoms with Crippen molar-refractivity contribution in [1.29, 1.82) is 0 Å². The fourth-order valence-electron chi connectivity index (χ4n) is 1.06. The van der Waals surface area contributed by atoms with Crippen molar-refractivity contribution >= 4 is 17.5 Å². The number of nitrogens with zero attached hydrogens (tertiary/aromatic N) is 1. The van der Waals surface area contributed by atoms with Crippen molar-refractivity contribution in [3.8, 4) is 0 Å². The molecule has 1 aromatic heterocycles. The smallest absolute Gasteiger partial charge is 0.299 e. The highest BCUT2D eigenvalue weighted by Gasteiger charge is 2.10. The first-order valence-electron chi connectivity index (χ1n) is 4.43. The topological polar surface area (TPSA) is 36.7 Å². The molecule has 1 N–H and O–H groups in total. The largest absolute Gasteiger partial charge is 0.316 e. The van der Waals surface area contributed by atoms with Gasteiger partial charge in [0.15, 0.2) is 0 Å². The van der Waals surface area contributed by atoms with Crippen LogP contribution in [0.15, 0.2) is 17.6 Å². The molecule has 0 fully saturated rings. The minimum Gasteiger partial charge on any atom is -0.299 e. The molecule has 0 aliphatic rings. The average molecular weight is 199 g/mol. The predicted molar refractivity (Wildman–Crippen MR) is 52.7 cm³/mol. The zero-order valence-corrected chi connectivity index (χ0v) is 8.86. The number of Topliss-reactive ketones (excluding diaryl/α,β-unsaturated/α-hetero) is 1. The lowest BCUT2D eigenvalue weighted by molar-refractivity contribution is -0.731. The molecular weight excluding hydrogens is 184 g/mol. The molecule has 0 bridgehead atoms. The molecule has 3 nitrogen and oxygen atoms in total. The fraction of sp³-hybridized carbons (Fsp3) is 0.556. The van der Waals surface area contributed by atoms with Crippen molar-refractivity contribution in [3.63, 3.8) is 0 Å². The average Bonchev–Trinajstić information content (AvgIpc) is 2.49. The number of hydrogen-bond acceptors (Lipinski definition) is 2. The van der Waals surface area contributed by atoms with Gasteiger partial charge in [-0.2, -0.15) is 0 Å². The maximum atomic E-state index is 10.8. The molecule has 1 heterocycles. The van der Waals surface area contributed by atoms with E-state index in [1.807, 2.05) is 12.4 Å². The third-order valence-corrected chi connectivity index (χ3v) is 2.78. The molecule has 0 amide bonds. The van der Waals surface area contributed by atoms with Gasteiger partial charge in [0, 0.05) is 0 Å². The van der Waals surface area contributed by atoms with E-state index in [1.54, 1.807) is 18.7 Å². The summed E-state index contributed by atoms with van der Waals surface area (Å²) < 4.78 is 2.13. The highest BCUT2D eigenvalue weighted by Crippen LogP contribution is 2.09. The molecule has 0 radical (unpaired) electrons. The van der Waals surface area contributed by atoms with Crippen LogP contribution >= 0.6 is 11.8 Å². The Labute approximate surface area is 82.5 Å². The summed E-state index contributed by atoms with van der Waals surface area (Å²) in [5.74, 6) is 0.757. The molecule has 0 spiro atoms. The van der Waals surface area contributed by atoms with Crippen LogP contribution in [-0.2, 0) is 11.3 Å². The summed E-state index contributed by atoms with van der Waals surface area (Å²) in [6, 6.07) is 0. The summed E-state index contributed by atoms with van der Waals surface area (Å²) in [4.78, 5) is 13.9. The van der Waals surface area contributed by atoms with Gasteiger partial charge in [-0.05, 0) is 25.1 Å². The quantitative estimate of drug-likeness (QED) is 0.575. The number of hydrogen-bond donors (Lipinski definition) is 1. The van der Waals surface area contributed by atoms with Crippen molar-refractivity contribution < 1.29 is 9.36 Å². The Kier molecular flexibility index (Phi) is 4.02. The van der Waals surface area contributed by atoms with Gasteiger partial charge in [-0.1, -0.05) is 6.92 Å². The summed E-state index contributed by atoms with van der Waals surface area (Å²) >= 11 is 1.56. The lowest BCUT2D eigenvalue weighted by atomic mass is 10.5. The summed E-state index contributed by atoms with van der Waals surface area (Å²) in [5.41, 5.74) is 0. The number of aromatic amines is 1. The van der Waals surface area contributed by atoms with Crippen LogP contribution in [0.3, 0.4) is 0 Å². The highest BCUT2D eigenvalue weighted by molar-refractivity contribution is 7.99. The van der Waals surface area contributed by atoms with Crippen molar-refractivity contribution in [2.24, 2.45) is 0 Å². The van der Waals surface area contributed by atoms with E-state index in [2.05, 4.69) is 16.5 Å². The first-order chi connectivity index (χ1) is 6.24. The monoisotopic (exact) mass is 199 g/mol. The lowest BCUT2D eigenvalue weighted by Gasteiger charge is -1.96. The van der Waals surface area contributed by atoms with E-state index < -0.39 is 0 Å². The Morgan fingerprint density at radius 1 is 1.69 bits per heavy atom. The number of nitrogens with one attached hydrogen (secondary N) is 1. The third-order valence-electron chi connectivity index (χ3n) is 1.60. The second-order valence-electron chi connectivity index (χ2n) is 2.95. The van der Waals surface area contributed by atoms with Crippen molar-refractivity contribution in [2.75, 3.05) is 5.75 Å². The van der Waals surface area contributed by atoms with E-state index in [0.717, 1.165) is 18.1 Å². The van der Waals surface area contributed by atoms with E-state index in [0.29, 0.717) is 5.75 Å². The summed E-state index contributed by atoms with van der Waals surface area (Å²) in [6.07, 6.45) is 5.01. The van der Waals surface area contributed by atoms with Crippen molar-refractivity contribution in [3.05, 3.63) is 12.4 Å². The third kappa shape index (κ3) is 3.22. The first kappa shape index (κ1) is 10.3. The Bertz CT molecular complexity index is 283. The van der Waals surface area contributed by atoms with Gasteiger partial charge in [0.25, 0.3) is 0 Å². The number of carbonyl (C=O) groups excluding carboxylic acids is 1. The Hall–Kier alpha value is -0.770. The van der Waals surface area contributed by atoms with E-state index in [1.165, 1.54) is 0 Å². The number of aryl methyl sites for hydroxylation is 1. The Balaban J connectivity index is 2.54. The number of imidazole rings is 1. The number of aromatic nitrogens is 2. The van der Waals surface area contributed by atoms with E-state index in [-0.39, 0.29) is 5.78 Å². The zero-order chi connectivity index (χ0) is 9.68. The van der Waals surface area contributed by atoms with Gasteiger partial charge in [0.2, 0.25) is 0 Å². The molecule has 0 atom stereocenters. The van der Waals surface area contributed by atoms with Crippen LogP contribution in [0.4, 0.5) is 0 Å². The number of thioether (sulfide) groups is 1. The van der Waals surface area contributed by atoms with Gasteiger partial charge >= 0.3 is 5.16 Å². The van der Waals surface area contributed by atoms with Gasteiger partial charge in [0.1, 0.15) is 18.2 Å². The van der Waals surface area contributed by atoms with E-state index >= 15 is 0 Å². The molecule has 1 rings (SSSR count). The molecule has 13 heavy (non-hydrogen) atoms.